The second kappa shape index (κ2) is 7.72. The molecule has 0 saturated carbocycles. The number of likely N-dealkylation sites (N-methyl/N-ethyl adjacent to an activating group) is 1. The molecule has 2 atom stereocenters. The van der Waals surface area contributed by atoms with Crippen molar-refractivity contribution in [2.24, 2.45) is 0 Å². The quantitative estimate of drug-likeness (QED) is 0.329. The van der Waals surface area contributed by atoms with E-state index in [1.165, 1.54) is 0 Å². The topological polar surface area (TPSA) is 41.1 Å². The third-order valence-corrected chi connectivity index (χ3v) is 2.04. The van der Waals surface area contributed by atoms with E-state index in [1.807, 2.05) is 0 Å². The van der Waals surface area contributed by atoms with E-state index in [1.54, 1.807) is 7.05 Å². The first-order valence-electron chi connectivity index (χ1n) is 4.12. The van der Waals surface area contributed by atoms with Gasteiger partial charge in [-0.15, -0.1) is 0 Å². The van der Waals surface area contributed by atoms with E-state index in [0.29, 0.717) is 0 Å². The Balaban J connectivity index is 3.38. The van der Waals surface area contributed by atoms with Gasteiger partial charge in [-0.05, 0) is 26.4 Å². The third-order valence-electron chi connectivity index (χ3n) is 1.76. The van der Waals surface area contributed by atoms with Crippen LogP contribution < -0.4 is 10.4 Å². The SMILES string of the molecule is [B]C(=O)C(CCCCNP)NC. The zero-order valence-electron chi connectivity index (χ0n) is 7.47. The number of carbonyl (C=O) groups excluding carboxylic acids is 1. The van der Waals surface area contributed by atoms with Gasteiger partial charge < -0.3 is 15.2 Å². The highest BCUT2D eigenvalue weighted by atomic mass is 31.0. The molecule has 0 aromatic rings. The van der Waals surface area contributed by atoms with Crippen molar-refractivity contribution in [2.75, 3.05) is 13.6 Å². The highest BCUT2D eigenvalue weighted by molar-refractivity contribution is 7.13. The molecule has 0 aliphatic carbocycles. The number of hydrogen-bond acceptors (Lipinski definition) is 3. The normalized spacial score (nSPS) is 12.8. The standard InChI is InChI=1S/C7H16BN2OP/c1-9-6(7(8)11)4-2-3-5-10-12/h6,9-10H,2-5,12H2,1H3. The maximum Gasteiger partial charge on any atom is 0.170 e. The van der Waals surface area contributed by atoms with Crippen LogP contribution in [0.15, 0.2) is 0 Å². The lowest BCUT2D eigenvalue weighted by Crippen LogP contribution is -2.34. The average molecular weight is 186 g/mol. The molecule has 0 heterocycles. The van der Waals surface area contributed by atoms with Gasteiger partial charge in [-0.25, -0.2) is 0 Å². The third kappa shape index (κ3) is 5.70. The number of unbranched alkanes of at least 4 members (excludes halogenated alkanes) is 1. The maximum atomic E-state index is 10.7. The summed E-state index contributed by atoms with van der Waals surface area (Å²) in [7, 11) is 9.34. The van der Waals surface area contributed by atoms with Gasteiger partial charge >= 0.3 is 0 Å². The monoisotopic (exact) mass is 186 g/mol. The summed E-state index contributed by atoms with van der Waals surface area (Å²) in [6.45, 7) is 0.958. The van der Waals surface area contributed by atoms with Gasteiger partial charge in [0.05, 0.1) is 11.7 Å². The lowest BCUT2D eigenvalue weighted by molar-refractivity contribution is -0.113. The lowest BCUT2D eigenvalue weighted by atomic mass is 9.92. The molecular formula is C7H16BN2OP. The molecule has 2 radical (unpaired) electrons. The molecular weight excluding hydrogens is 170 g/mol. The van der Waals surface area contributed by atoms with Crippen LogP contribution in [0.25, 0.3) is 0 Å². The summed E-state index contributed by atoms with van der Waals surface area (Å²) in [6.07, 6.45) is 2.89. The fraction of sp³-hybridized carbons (Fsp3) is 0.857. The summed E-state index contributed by atoms with van der Waals surface area (Å²) in [5.74, 6) is 0. The van der Waals surface area contributed by atoms with Crippen molar-refractivity contribution in [3.05, 3.63) is 0 Å². The first-order valence-corrected chi connectivity index (χ1v) is 4.70. The van der Waals surface area contributed by atoms with Crippen LogP contribution in [0.2, 0.25) is 0 Å². The van der Waals surface area contributed by atoms with E-state index in [9.17, 15) is 4.79 Å². The minimum absolute atomic E-state index is 0.172. The van der Waals surface area contributed by atoms with Crippen molar-refractivity contribution < 1.29 is 4.79 Å². The largest absolute Gasteiger partial charge is 0.311 e. The van der Waals surface area contributed by atoms with E-state index in [-0.39, 0.29) is 11.7 Å². The molecule has 3 nitrogen and oxygen atoms in total. The minimum Gasteiger partial charge on any atom is -0.311 e. The molecule has 0 aliphatic rings. The Labute approximate surface area is 77.7 Å². The van der Waals surface area contributed by atoms with Crippen LogP contribution >= 0.6 is 9.39 Å². The number of hydrogen-bond donors (Lipinski definition) is 2. The summed E-state index contributed by atoms with van der Waals surface area (Å²) in [6, 6.07) is -0.172. The molecule has 68 valence electrons. The van der Waals surface area contributed by atoms with E-state index in [2.05, 4.69) is 19.8 Å². The molecule has 0 aromatic heterocycles. The van der Waals surface area contributed by atoms with E-state index < -0.39 is 0 Å². The lowest BCUT2D eigenvalue weighted by Gasteiger charge is -2.12. The van der Waals surface area contributed by atoms with Crippen molar-refractivity contribution in [1.82, 2.24) is 10.4 Å². The summed E-state index contributed by atoms with van der Waals surface area (Å²) in [5, 5.41) is 5.85. The van der Waals surface area contributed by atoms with Crippen molar-refractivity contribution in [3.63, 3.8) is 0 Å². The van der Waals surface area contributed by atoms with Gasteiger partial charge in [0.25, 0.3) is 0 Å². The van der Waals surface area contributed by atoms with Crippen molar-refractivity contribution >= 4 is 22.9 Å². The second-order valence-corrected chi connectivity index (χ2v) is 3.10. The molecule has 0 aliphatic heterocycles. The number of carbonyl (C=O) groups is 1. The van der Waals surface area contributed by atoms with E-state index >= 15 is 0 Å². The Hall–Kier alpha value is 0.0849. The predicted molar refractivity (Wildman–Crippen MR) is 55.2 cm³/mol. The Bertz CT molecular complexity index is 135. The first-order chi connectivity index (χ1) is 5.72. The summed E-state index contributed by atoms with van der Waals surface area (Å²) in [4.78, 5) is 10.7. The average Bonchev–Trinajstić information content (AvgIpc) is 2.04. The van der Waals surface area contributed by atoms with Gasteiger partial charge in [0.2, 0.25) is 0 Å². The van der Waals surface area contributed by atoms with Gasteiger partial charge in [0, 0.05) is 0 Å². The van der Waals surface area contributed by atoms with Crippen molar-refractivity contribution in [1.29, 1.82) is 0 Å². The molecule has 0 amide bonds. The van der Waals surface area contributed by atoms with Crippen LogP contribution in [-0.4, -0.2) is 33.2 Å². The van der Waals surface area contributed by atoms with Gasteiger partial charge in [-0.3, -0.25) is 0 Å². The molecule has 5 heteroatoms. The van der Waals surface area contributed by atoms with Crippen LogP contribution in [0.3, 0.4) is 0 Å². The molecule has 2 N–H and O–H groups in total. The Morgan fingerprint density at radius 3 is 2.67 bits per heavy atom. The van der Waals surface area contributed by atoms with Crippen LogP contribution in [0, 0.1) is 0 Å². The van der Waals surface area contributed by atoms with E-state index in [4.69, 9.17) is 7.85 Å². The fourth-order valence-electron chi connectivity index (χ4n) is 1.00. The van der Waals surface area contributed by atoms with Crippen molar-refractivity contribution in [3.8, 4) is 0 Å². The minimum atomic E-state index is -0.267. The molecule has 0 aromatic carbocycles. The smallest absolute Gasteiger partial charge is 0.170 e. The van der Waals surface area contributed by atoms with Crippen LogP contribution in [-0.2, 0) is 4.79 Å². The highest BCUT2D eigenvalue weighted by Crippen LogP contribution is 2.00. The van der Waals surface area contributed by atoms with Crippen LogP contribution in [0.4, 0.5) is 0 Å². The second-order valence-electron chi connectivity index (χ2n) is 2.69. The molecule has 0 rings (SSSR count). The first kappa shape index (κ1) is 12.1. The number of rotatable bonds is 7. The van der Waals surface area contributed by atoms with Gasteiger partial charge in [-0.1, -0.05) is 15.8 Å². The molecule has 12 heavy (non-hydrogen) atoms. The molecule has 0 fully saturated rings. The van der Waals surface area contributed by atoms with Gasteiger partial charge in [0.1, 0.15) is 0 Å². The molecule has 0 spiro atoms. The highest BCUT2D eigenvalue weighted by Gasteiger charge is 2.08. The number of nitrogens with one attached hydrogen (secondary N) is 2. The Morgan fingerprint density at radius 1 is 1.58 bits per heavy atom. The summed E-state index contributed by atoms with van der Waals surface area (Å²) in [5.41, 5.74) is -0.267. The van der Waals surface area contributed by atoms with Crippen molar-refractivity contribution in [2.45, 2.75) is 25.3 Å². The fourth-order valence-corrected chi connectivity index (χ4v) is 1.21. The van der Waals surface area contributed by atoms with Gasteiger partial charge in [-0.2, -0.15) is 0 Å². The molecule has 0 bridgehead atoms. The summed E-state index contributed by atoms with van der Waals surface area (Å²) >= 11 is 0. The maximum absolute atomic E-state index is 10.7. The van der Waals surface area contributed by atoms with Gasteiger partial charge in [0.15, 0.2) is 7.85 Å². The molecule has 2 unspecified atom stereocenters. The van der Waals surface area contributed by atoms with E-state index in [0.717, 1.165) is 25.8 Å². The Kier molecular flexibility index (Phi) is 7.77. The summed E-state index contributed by atoms with van der Waals surface area (Å²) < 4.78 is 0. The van der Waals surface area contributed by atoms with Crippen LogP contribution in [0.5, 0.6) is 0 Å². The zero-order valence-corrected chi connectivity index (χ0v) is 8.62. The molecule has 0 saturated heterocycles. The zero-order chi connectivity index (χ0) is 9.40. The predicted octanol–water partition coefficient (Wildman–Crippen LogP) is -0.181. The Morgan fingerprint density at radius 2 is 2.25 bits per heavy atom. The van der Waals surface area contributed by atoms with Crippen LogP contribution in [0.1, 0.15) is 19.3 Å².